The summed E-state index contributed by atoms with van der Waals surface area (Å²) in [4.78, 5) is 21.5. The largest absolute Gasteiger partial charge is 0.444 e. The van der Waals surface area contributed by atoms with Crippen molar-refractivity contribution in [3.8, 4) is 0 Å². The van der Waals surface area contributed by atoms with Gasteiger partial charge in [-0.15, -0.1) is 0 Å². The summed E-state index contributed by atoms with van der Waals surface area (Å²) < 4.78 is 11.1. The van der Waals surface area contributed by atoms with E-state index in [1.165, 1.54) is 5.56 Å². The lowest BCUT2D eigenvalue weighted by atomic mass is 9.98. The highest BCUT2D eigenvalue weighted by molar-refractivity contribution is 5.70. The third kappa shape index (κ3) is 3.07. The molecule has 24 heavy (non-hydrogen) atoms. The quantitative estimate of drug-likeness (QED) is 0.832. The smallest absolute Gasteiger partial charge is 0.410 e. The van der Waals surface area contributed by atoms with E-state index >= 15 is 0 Å². The Kier molecular flexibility index (Phi) is 4.42. The van der Waals surface area contributed by atoms with E-state index in [2.05, 4.69) is 22.9 Å². The van der Waals surface area contributed by atoms with Gasteiger partial charge in [0, 0.05) is 25.9 Å². The zero-order valence-corrected chi connectivity index (χ0v) is 15.2. The molecule has 0 saturated carbocycles. The number of pyridine rings is 1. The fraction of sp³-hybridized carbons (Fsp3) is 0.667. The maximum absolute atomic E-state index is 12.7. The van der Waals surface area contributed by atoms with Crippen LogP contribution in [-0.4, -0.2) is 60.0 Å². The maximum atomic E-state index is 12.7. The van der Waals surface area contributed by atoms with E-state index in [-0.39, 0.29) is 24.2 Å². The van der Waals surface area contributed by atoms with Crippen molar-refractivity contribution in [1.82, 2.24) is 9.88 Å². The van der Waals surface area contributed by atoms with Gasteiger partial charge in [-0.1, -0.05) is 6.07 Å². The highest BCUT2D eigenvalue weighted by atomic mass is 16.6. The minimum atomic E-state index is -0.505. The van der Waals surface area contributed by atoms with Gasteiger partial charge in [-0.25, -0.2) is 9.78 Å². The van der Waals surface area contributed by atoms with E-state index in [0.717, 1.165) is 12.2 Å². The Morgan fingerprint density at radius 3 is 2.83 bits per heavy atom. The number of amides is 1. The van der Waals surface area contributed by atoms with E-state index in [0.29, 0.717) is 13.2 Å². The number of aromatic nitrogens is 1. The van der Waals surface area contributed by atoms with Crippen LogP contribution in [0.4, 0.5) is 10.6 Å². The van der Waals surface area contributed by atoms with Crippen molar-refractivity contribution in [2.24, 2.45) is 0 Å². The molecule has 0 spiro atoms. The minimum Gasteiger partial charge on any atom is -0.444 e. The normalized spacial score (nSPS) is 26.1. The lowest BCUT2D eigenvalue weighted by Gasteiger charge is -2.48. The lowest BCUT2D eigenvalue weighted by Crippen LogP contribution is -2.65. The molecule has 132 valence electrons. The van der Waals surface area contributed by atoms with E-state index in [1.54, 1.807) is 7.11 Å². The van der Waals surface area contributed by atoms with Crippen LogP contribution in [0.25, 0.3) is 0 Å². The lowest BCUT2D eigenvalue weighted by molar-refractivity contribution is -0.00773. The van der Waals surface area contributed by atoms with E-state index in [9.17, 15) is 4.79 Å². The van der Waals surface area contributed by atoms with Gasteiger partial charge in [-0.3, -0.25) is 4.90 Å². The summed E-state index contributed by atoms with van der Waals surface area (Å²) in [6.07, 6.45) is 2.44. The molecular weight excluding hydrogens is 306 g/mol. The summed E-state index contributed by atoms with van der Waals surface area (Å²) in [5, 5.41) is 0. The summed E-state index contributed by atoms with van der Waals surface area (Å²) in [5.41, 5.74) is 0.733. The molecule has 0 N–H and O–H groups in total. The molecule has 0 aromatic carbocycles. The molecule has 1 aromatic heterocycles. The van der Waals surface area contributed by atoms with Gasteiger partial charge >= 0.3 is 6.09 Å². The second-order valence-electron chi connectivity index (χ2n) is 7.67. The molecule has 6 nitrogen and oxygen atoms in total. The Morgan fingerprint density at radius 2 is 2.17 bits per heavy atom. The zero-order chi connectivity index (χ0) is 17.5. The predicted molar refractivity (Wildman–Crippen MR) is 92.3 cm³/mol. The van der Waals surface area contributed by atoms with Crippen LogP contribution in [0, 0.1) is 0 Å². The summed E-state index contributed by atoms with van der Waals surface area (Å²) in [5.74, 6) is 1.04. The van der Waals surface area contributed by atoms with Crippen molar-refractivity contribution in [2.45, 2.75) is 57.8 Å². The zero-order valence-electron chi connectivity index (χ0n) is 15.2. The van der Waals surface area contributed by atoms with Gasteiger partial charge in [-0.2, -0.15) is 0 Å². The third-order valence-electron chi connectivity index (χ3n) is 4.64. The molecule has 1 amide bonds. The van der Waals surface area contributed by atoms with Crippen LogP contribution in [-0.2, 0) is 15.9 Å². The fourth-order valence-corrected chi connectivity index (χ4v) is 3.78. The number of nitrogens with zero attached hydrogens (tertiary/aromatic N) is 3. The summed E-state index contributed by atoms with van der Waals surface area (Å²) in [6, 6.07) is 4.40. The molecule has 2 aliphatic heterocycles. The number of anilines is 1. The molecule has 3 atom stereocenters. The number of hydrogen-bond acceptors (Lipinski definition) is 5. The Hall–Kier alpha value is -1.82. The van der Waals surface area contributed by atoms with Gasteiger partial charge in [0.05, 0.1) is 18.7 Å². The minimum absolute atomic E-state index is 0.0461. The molecule has 6 heteroatoms. The van der Waals surface area contributed by atoms with E-state index in [4.69, 9.17) is 9.47 Å². The fourth-order valence-electron chi connectivity index (χ4n) is 3.78. The van der Waals surface area contributed by atoms with Crippen LogP contribution in [0.5, 0.6) is 0 Å². The van der Waals surface area contributed by atoms with Crippen molar-refractivity contribution in [1.29, 1.82) is 0 Å². The topological polar surface area (TPSA) is 54.9 Å². The summed E-state index contributed by atoms with van der Waals surface area (Å²) >= 11 is 0. The number of hydrogen-bond donors (Lipinski definition) is 0. The van der Waals surface area contributed by atoms with Gasteiger partial charge < -0.3 is 14.4 Å². The van der Waals surface area contributed by atoms with Crippen molar-refractivity contribution < 1.29 is 14.3 Å². The number of methoxy groups -OCH3 is 1. The van der Waals surface area contributed by atoms with Gasteiger partial charge in [-0.05, 0) is 45.7 Å². The number of rotatable bonds is 2. The second-order valence-corrected chi connectivity index (χ2v) is 7.67. The second kappa shape index (κ2) is 6.24. The van der Waals surface area contributed by atoms with Crippen LogP contribution in [0.3, 0.4) is 0 Å². The molecule has 0 aliphatic carbocycles. The number of piperazine rings is 1. The first kappa shape index (κ1) is 17.0. The monoisotopic (exact) mass is 333 g/mol. The van der Waals surface area contributed by atoms with Gasteiger partial charge in [0.2, 0.25) is 0 Å². The molecule has 0 radical (unpaired) electrons. The molecule has 3 rings (SSSR count). The number of carbonyl (C=O) groups is 1. The van der Waals surface area contributed by atoms with Crippen LogP contribution >= 0.6 is 0 Å². The molecular formula is C18H27N3O3. The summed E-state index contributed by atoms with van der Waals surface area (Å²) in [7, 11) is 1.68. The van der Waals surface area contributed by atoms with E-state index in [1.807, 2.05) is 37.9 Å². The van der Waals surface area contributed by atoms with Crippen LogP contribution < -0.4 is 4.90 Å². The SMILES string of the molecule is COCC1C2Cc3cccnc3N2C(C)CN1C(=O)OC(C)(C)C. The molecule has 1 saturated heterocycles. The molecule has 1 fully saturated rings. The number of fused-ring (bicyclic) bond motifs is 3. The maximum Gasteiger partial charge on any atom is 0.410 e. The van der Waals surface area contributed by atoms with Gasteiger partial charge in [0.25, 0.3) is 0 Å². The van der Waals surface area contributed by atoms with Gasteiger partial charge in [0.1, 0.15) is 11.4 Å². The first-order valence-corrected chi connectivity index (χ1v) is 8.52. The van der Waals surface area contributed by atoms with E-state index < -0.39 is 5.60 Å². The molecule has 1 aromatic rings. The number of ether oxygens (including phenoxy) is 2. The van der Waals surface area contributed by atoms with Crippen molar-refractivity contribution >= 4 is 11.9 Å². The average molecular weight is 333 g/mol. The molecule has 0 bridgehead atoms. The average Bonchev–Trinajstić information content (AvgIpc) is 2.88. The Labute approximate surface area is 143 Å². The Bertz CT molecular complexity index is 614. The van der Waals surface area contributed by atoms with Crippen molar-refractivity contribution in [3.63, 3.8) is 0 Å². The third-order valence-corrected chi connectivity index (χ3v) is 4.64. The first-order valence-electron chi connectivity index (χ1n) is 8.52. The van der Waals surface area contributed by atoms with Crippen LogP contribution in [0.2, 0.25) is 0 Å². The highest BCUT2D eigenvalue weighted by Gasteiger charge is 2.47. The first-order chi connectivity index (χ1) is 11.3. The molecule has 3 heterocycles. The number of carbonyl (C=O) groups excluding carboxylic acids is 1. The van der Waals surface area contributed by atoms with Crippen LogP contribution in [0.1, 0.15) is 33.3 Å². The van der Waals surface area contributed by atoms with Crippen LogP contribution in [0.15, 0.2) is 18.3 Å². The molecule has 3 unspecified atom stereocenters. The van der Waals surface area contributed by atoms with Gasteiger partial charge in [0.15, 0.2) is 0 Å². The van der Waals surface area contributed by atoms with Crippen molar-refractivity contribution in [3.05, 3.63) is 23.9 Å². The van der Waals surface area contributed by atoms with Crippen molar-refractivity contribution in [2.75, 3.05) is 25.2 Å². The molecule has 2 aliphatic rings. The predicted octanol–water partition coefficient (Wildman–Crippen LogP) is 2.47. The summed E-state index contributed by atoms with van der Waals surface area (Å²) in [6.45, 7) is 8.91. The highest BCUT2D eigenvalue weighted by Crippen LogP contribution is 2.38. The Morgan fingerprint density at radius 1 is 1.42 bits per heavy atom. The Balaban J connectivity index is 1.89. The standard InChI is InChI=1S/C18H27N3O3/c1-12-10-20(17(22)24-18(2,3)4)15(11-23-5)14-9-13-7-6-8-19-16(13)21(12)14/h6-8,12,14-15H,9-11H2,1-5H3.